The number of nitrogens with one attached hydrogen (secondary N) is 2. The molecule has 1 aliphatic rings. The van der Waals surface area contributed by atoms with Gasteiger partial charge in [-0.1, -0.05) is 24.3 Å². The van der Waals surface area contributed by atoms with E-state index < -0.39 is 0 Å². The number of para-hydroxylation sites is 1. The van der Waals surface area contributed by atoms with E-state index in [-0.39, 0.29) is 6.17 Å². The summed E-state index contributed by atoms with van der Waals surface area (Å²) < 4.78 is 5.15. The summed E-state index contributed by atoms with van der Waals surface area (Å²) in [5.41, 5.74) is 4.94. The highest BCUT2D eigenvalue weighted by Gasteiger charge is 2.20. The predicted octanol–water partition coefficient (Wildman–Crippen LogP) is 2.54. The number of ether oxygens (including phenoxy) is 1. The third-order valence-corrected chi connectivity index (χ3v) is 3.27. The zero-order valence-corrected chi connectivity index (χ0v) is 11.0. The standard InChI is InChI=1S/C15H15N3O2/c1-20-11-8-6-10(7-9-11)14-16-13-5-3-2-4-12(13)15(17-14)18-19/h2-9,14,16,19H,1H3,(H,17,18)/t14-/m0/s1. The molecule has 0 spiro atoms. The van der Waals surface area contributed by atoms with Crippen LogP contribution in [-0.4, -0.2) is 18.2 Å². The molecular weight excluding hydrogens is 254 g/mol. The van der Waals surface area contributed by atoms with Crippen LogP contribution >= 0.6 is 0 Å². The first-order chi connectivity index (χ1) is 9.81. The van der Waals surface area contributed by atoms with Crippen molar-refractivity contribution in [3.8, 4) is 5.75 Å². The summed E-state index contributed by atoms with van der Waals surface area (Å²) in [6, 6.07) is 15.4. The number of rotatable bonds is 2. The Morgan fingerprint density at radius 2 is 1.90 bits per heavy atom. The fourth-order valence-electron chi connectivity index (χ4n) is 2.23. The number of amidine groups is 1. The quantitative estimate of drug-likeness (QED) is 0.733. The van der Waals surface area contributed by atoms with E-state index in [1.54, 1.807) is 7.11 Å². The minimum atomic E-state index is -0.245. The van der Waals surface area contributed by atoms with Gasteiger partial charge in [-0.25, -0.2) is 4.99 Å². The van der Waals surface area contributed by atoms with Crippen molar-refractivity contribution in [2.45, 2.75) is 6.17 Å². The maximum absolute atomic E-state index is 9.26. The maximum atomic E-state index is 9.26. The second-order valence-electron chi connectivity index (χ2n) is 4.46. The average molecular weight is 269 g/mol. The molecular formula is C15H15N3O2. The van der Waals surface area contributed by atoms with Crippen molar-refractivity contribution < 1.29 is 9.94 Å². The zero-order valence-electron chi connectivity index (χ0n) is 11.0. The van der Waals surface area contributed by atoms with Crippen LogP contribution in [0.2, 0.25) is 0 Å². The smallest absolute Gasteiger partial charge is 0.156 e. The minimum Gasteiger partial charge on any atom is -0.497 e. The van der Waals surface area contributed by atoms with Crippen LogP contribution < -0.4 is 15.5 Å². The van der Waals surface area contributed by atoms with Crippen LogP contribution in [0.25, 0.3) is 0 Å². The second kappa shape index (κ2) is 5.22. The Hall–Kier alpha value is -2.53. The Morgan fingerprint density at radius 3 is 2.60 bits per heavy atom. The van der Waals surface area contributed by atoms with Crippen LogP contribution in [0.1, 0.15) is 17.3 Å². The van der Waals surface area contributed by atoms with Gasteiger partial charge in [-0.15, -0.1) is 0 Å². The van der Waals surface area contributed by atoms with E-state index in [4.69, 9.17) is 4.74 Å². The number of methoxy groups -OCH3 is 1. The van der Waals surface area contributed by atoms with Crippen molar-refractivity contribution in [3.05, 3.63) is 59.7 Å². The Balaban J connectivity index is 1.96. The van der Waals surface area contributed by atoms with Gasteiger partial charge in [0, 0.05) is 11.3 Å². The molecule has 0 saturated carbocycles. The van der Waals surface area contributed by atoms with Gasteiger partial charge in [-0.05, 0) is 29.8 Å². The zero-order chi connectivity index (χ0) is 13.9. The highest BCUT2D eigenvalue weighted by atomic mass is 16.5. The lowest BCUT2D eigenvalue weighted by Gasteiger charge is -2.25. The van der Waals surface area contributed by atoms with Gasteiger partial charge in [0.15, 0.2) is 5.84 Å². The van der Waals surface area contributed by atoms with Gasteiger partial charge >= 0.3 is 0 Å². The van der Waals surface area contributed by atoms with E-state index in [0.29, 0.717) is 5.84 Å². The number of fused-ring (bicyclic) bond motifs is 1. The first-order valence-electron chi connectivity index (χ1n) is 6.29. The maximum Gasteiger partial charge on any atom is 0.156 e. The number of hydrogen-bond acceptors (Lipinski definition) is 5. The normalized spacial score (nSPS) is 16.7. The molecule has 1 aliphatic heterocycles. The molecule has 0 bridgehead atoms. The summed E-state index contributed by atoms with van der Waals surface area (Å²) in [5.74, 6) is 1.26. The molecule has 0 amide bonds. The second-order valence-corrected chi connectivity index (χ2v) is 4.46. The van der Waals surface area contributed by atoms with E-state index in [9.17, 15) is 5.21 Å². The number of aliphatic imine (C=N–C) groups is 1. The van der Waals surface area contributed by atoms with Crippen molar-refractivity contribution in [3.63, 3.8) is 0 Å². The van der Waals surface area contributed by atoms with E-state index in [2.05, 4.69) is 15.8 Å². The van der Waals surface area contributed by atoms with E-state index in [1.807, 2.05) is 48.5 Å². The summed E-state index contributed by atoms with van der Waals surface area (Å²) in [6.45, 7) is 0. The lowest BCUT2D eigenvalue weighted by molar-refractivity contribution is 0.234. The molecule has 0 aromatic heterocycles. The van der Waals surface area contributed by atoms with Gasteiger partial charge < -0.3 is 10.1 Å². The van der Waals surface area contributed by atoms with Gasteiger partial charge in [-0.2, -0.15) is 0 Å². The van der Waals surface area contributed by atoms with Crippen LogP contribution in [0.4, 0.5) is 5.69 Å². The van der Waals surface area contributed by atoms with Crippen molar-refractivity contribution in [1.82, 2.24) is 5.48 Å². The first kappa shape index (κ1) is 12.5. The molecule has 0 fully saturated rings. The molecule has 5 heteroatoms. The van der Waals surface area contributed by atoms with E-state index >= 15 is 0 Å². The Labute approximate surface area is 116 Å². The molecule has 2 aromatic carbocycles. The Kier molecular flexibility index (Phi) is 3.26. The molecule has 20 heavy (non-hydrogen) atoms. The number of anilines is 1. The van der Waals surface area contributed by atoms with Gasteiger partial charge in [0.25, 0.3) is 0 Å². The Morgan fingerprint density at radius 1 is 1.15 bits per heavy atom. The highest BCUT2D eigenvalue weighted by molar-refractivity contribution is 6.04. The number of hydrogen-bond donors (Lipinski definition) is 3. The molecule has 102 valence electrons. The minimum absolute atomic E-state index is 0.245. The van der Waals surface area contributed by atoms with Crippen molar-refractivity contribution in [1.29, 1.82) is 0 Å². The molecule has 0 aliphatic carbocycles. The Bertz CT molecular complexity index is 638. The molecule has 3 rings (SSSR count). The predicted molar refractivity (Wildman–Crippen MR) is 77.3 cm³/mol. The van der Waals surface area contributed by atoms with Crippen molar-refractivity contribution >= 4 is 11.5 Å². The van der Waals surface area contributed by atoms with Crippen LogP contribution in [0.5, 0.6) is 5.75 Å². The number of benzene rings is 2. The molecule has 2 aromatic rings. The van der Waals surface area contributed by atoms with Crippen LogP contribution in [0, 0.1) is 0 Å². The molecule has 0 radical (unpaired) electrons. The highest BCUT2D eigenvalue weighted by Crippen LogP contribution is 2.29. The summed E-state index contributed by atoms with van der Waals surface area (Å²) in [4.78, 5) is 4.47. The molecule has 0 saturated heterocycles. The first-order valence-corrected chi connectivity index (χ1v) is 6.29. The average Bonchev–Trinajstić information content (AvgIpc) is 2.54. The molecule has 1 atom stereocenters. The number of hydroxylamine groups is 1. The lowest BCUT2D eigenvalue weighted by Crippen LogP contribution is -2.28. The molecule has 0 unspecified atom stereocenters. The fourth-order valence-corrected chi connectivity index (χ4v) is 2.23. The third-order valence-electron chi connectivity index (χ3n) is 3.27. The third kappa shape index (κ3) is 2.19. The van der Waals surface area contributed by atoms with Gasteiger partial charge in [0.2, 0.25) is 0 Å². The van der Waals surface area contributed by atoms with Gasteiger partial charge in [0.1, 0.15) is 11.9 Å². The van der Waals surface area contributed by atoms with E-state index in [1.165, 1.54) is 0 Å². The fraction of sp³-hybridized carbons (Fsp3) is 0.133. The van der Waals surface area contributed by atoms with Crippen LogP contribution in [0.3, 0.4) is 0 Å². The topological polar surface area (TPSA) is 65.9 Å². The SMILES string of the molecule is COc1ccc([C@@H]2N=C(NO)c3ccccc3N2)cc1. The largest absolute Gasteiger partial charge is 0.497 e. The summed E-state index contributed by atoms with van der Waals surface area (Å²) >= 11 is 0. The lowest BCUT2D eigenvalue weighted by atomic mass is 10.1. The van der Waals surface area contributed by atoms with Crippen molar-refractivity contribution in [2.75, 3.05) is 12.4 Å². The van der Waals surface area contributed by atoms with Gasteiger partial charge in [0.05, 0.1) is 7.11 Å². The summed E-state index contributed by atoms with van der Waals surface area (Å²) in [6.07, 6.45) is -0.245. The number of nitrogens with zero attached hydrogens (tertiary/aromatic N) is 1. The van der Waals surface area contributed by atoms with Crippen LogP contribution in [-0.2, 0) is 0 Å². The monoisotopic (exact) mass is 269 g/mol. The van der Waals surface area contributed by atoms with Crippen molar-refractivity contribution in [2.24, 2.45) is 4.99 Å². The van der Waals surface area contributed by atoms with E-state index in [0.717, 1.165) is 22.6 Å². The van der Waals surface area contributed by atoms with Crippen LogP contribution in [0.15, 0.2) is 53.5 Å². The van der Waals surface area contributed by atoms with Gasteiger partial charge in [-0.3, -0.25) is 10.7 Å². The molecule has 3 N–H and O–H groups in total. The summed E-state index contributed by atoms with van der Waals surface area (Å²) in [5, 5.41) is 12.6. The summed E-state index contributed by atoms with van der Waals surface area (Å²) in [7, 11) is 1.63. The molecule has 1 heterocycles. The molecule has 5 nitrogen and oxygen atoms in total.